The summed E-state index contributed by atoms with van der Waals surface area (Å²) in [7, 11) is 0. The molecule has 0 bridgehead atoms. The number of carboxylic acid groups (broad SMARTS) is 1. The van der Waals surface area contributed by atoms with Crippen LogP contribution in [0, 0.1) is 17.7 Å². The Balaban J connectivity index is 2.25. The van der Waals surface area contributed by atoms with Gasteiger partial charge in [0.15, 0.2) is 0 Å². The van der Waals surface area contributed by atoms with Crippen LogP contribution in [0.1, 0.15) is 43.5 Å². The second-order valence-electron chi connectivity index (χ2n) is 5.95. The van der Waals surface area contributed by atoms with Crippen molar-refractivity contribution in [2.75, 3.05) is 11.1 Å². The number of hydrogen-bond acceptors (Lipinski definition) is 3. The average molecular weight is 280 g/mol. The maximum atomic E-state index is 13.4. The molecule has 0 heterocycles. The molecule has 0 aliphatic heterocycles. The molecule has 1 aromatic rings. The topological polar surface area (TPSA) is 75.3 Å². The van der Waals surface area contributed by atoms with Gasteiger partial charge in [-0.05, 0) is 43.2 Å². The fraction of sp³-hybridized carbons (Fsp3) is 0.533. The van der Waals surface area contributed by atoms with Gasteiger partial charge in [-0.15, -0.1) is 0 Å². The van der Waals surface area contributed by atoms with Crippen molar-refractivity contribution in [2.24, 2.45) is 11.8 Å². The van der Waals surface area contributed by atoms with Crippen molar-refractivity contribution in [3.8, 4) is 0 Å². The molecule has 0 aromatic heterocycles. The summed E-state index contributed by atoms with van der Waals surface area (Å²) in [5, 5.41) is 12.4. The Hall–Kier alpha value is -1.78. The minimum atomic E-state index is -1.21. The van der Waals surface area contributed by atoms with Gasteiger partial charge in [0.2, 0.25) is 0 Å². The lowest BCUT2D eigenvalue weighted by Gasteiger charge is -2.33. The van der Waals surface area contributed by atoms with Gasteiger partial charge in [-0.3, -0.25) is 0 Å². The fourth-order valence-electron chi connectivity index (χ4n) is 3.23. The van der Waals surface area contributed by atoms with E-state index in [4.69, 9.17) is 5.73 Å². The van der Waals surface area contributed by atoms with Gasteiger partial charge in [0.05, 0.1) is 11.4 Å². The SMILES string of the molecule is CC1CC(C)CC(Nc2ccc(F)c(N)c2C(=O)O)C1. The Labute approximate surface area is 118 Å². The summed E-state index contributed by atoms with van der Waals surface area (Å²) in [5.41, 5.74) is 5.48. The van der Waals surface area contributed by atoms with Gasteiger partial charge in [0, 0.05) is 6.04 Å². The first-order valence-corrected chi connectivity index (χ1v) is 6.96. The first kappa shape index (κ1) is 14.6. The summed E-state index contributed by atoms with van der Waals surface area (Å²) in [4.78, 5) is 11.3. The molecule has 1 fully saturated rings. The zero-order chi connectivity index (χ0) is 14.9. The highest BCUT2D eigenvalue weighted by Crippen LogP contribution is 2.32. The van der Waals surface area contributed by atoms with Crippen molar-refractivity contribution < 1.29 is 14.3 Å². The second-order valence-corrected chi connectivity index (χ2v) is 5.95. The van der Waals surface area contributed by atoms with Crippen LogP contribution in [-0.2, 0) is 0 Å². The molecule has 2 unspecified atom stereocenters. The number of rotatable bonds is 3. The maximum absolute atomic E-state index is 13.4. The lowest BCUT2D eigenvalue weighted by Crippen LogP contribution is -2.31. The van der Waals surface area contributed by atoms with Crippen LogP contribution in [0.25, 0.3) is 0 Å². The number of halogens is 1. The van der Waals surface area contributed by atoms with Crippen molar-refractivity contribution in [3.05, 3.63) is 23.5 Å². The van der Waals surface area contributed by atoms with Crippen LogP contribution < -0.4 is 11.1 Å². The fourth-order valence-corrected chi connectivity index (χ4v) is 3.23. The van der Waals surface area contributed by atoms with Gasteiger partial charge in [0.1, 0.15) is 11.4 Å². The van der Waals surface area contributed by atoms with Crippen LogP contribution in [-0.4, -0.2) is 17.1 Å². The second kappa shape index (κ2) is 5.69. The largest absolute Gasteiger partial charge is 0.478 e. The highest BCUT2D eigenvalue weighted by molar-refractivity contribution is 6.00. The van der Waals surface area contributed by atoms with E-state index in [0.29, 0.717) is 17.5 Å². The predicted octanol–water partition coefficient (Wildman–Crippen LogP) is 3.34. The van der Waals surface area contributed by atoms with Crippen LogP contribution in [0.2, 0.25) is 0 Å². The Kier molecular flexibility index (Phi) is 4.16. The van der Waals surface area contributed by atoms with E-state index in [0.717, 1.165) is 12.8 Å². The molecule has 2 rings (SSSR count). The van der Waals surface area contributed by atoms with Crippen molar-refractivity contribution in [1.29, 1.82) is 0 Å². The van der Waals surface area contributed by atoms with Gasteiger partial charge in [-0.25, -0.2) is 9.18 Å². The quantitative estimate of drug-likeness (QED) is 0.742. The van der Waals surface area contributed by atoms with Crippen LogP contribution in [0.3, 0.4) is 0 Å². The number of nitrogen functional groups attached to an aromatic ring is 1. The molecular formula is C15H21FN2O2. The molecule has 0 spiro atoms. The number of benzene rings is 1. The number of nitrogens with two attached hydrogens (primary N) is 1. The summed E-state index contributed by atoms with van der Waals surface area (Å²) >= 11 is 0. The molecule has 1 aliphatic rings. The smallest absolute Gasteiger partial charge is 0.340 e. The monoisotopic (exact) mass is 280 g/mol. The van der Waals surface area contributed by atoms with Gasteiger partial charge in [0.25, 0.3) is 0 Å². The van der Waals surface area contributed by atoms with Crippen LogP contribution in [0.4, 0.5) is 15.8 Å². The summed E-state index contributed by atoms with van der Waals surface area (Å²) in [6.45, 7) is 4.39. The lowest BCUT2D eigenvalue weighted by molar-refractivity contribution is 0.0698. The molecule has 1 aromatic carbocycles. The molecule has 0 saturated heterocycles. The number of anilines is 2. The van der Waals surface area contributed by atoms with E-state index in [-0.39, 0.29) is 17.3 Å². The summed E-state index contributed by atoms with van der Waals surface area (Å²) in [6.07, 6.45) is 3.16. The lowest BCUT2D eigenvalue weighted by atomic mass is 9.80. The third-order valence-corrected chi connectivity index (χ3v) is 3.94. The van der Waals surface area contributed by atoms with Crippen molar-refractivity contribution in [2.45, 2.75) is 39.2 Å². The summed E-state index contributed by atoms with van der Waals surface area (Å²) in [5.74, 6) is -0.704. The van der Waals surface area contributed by atoms with Gasteiger partial charge in [-0.1, -0.05) is 13.8 Å². The zero-order valence-electron chi connectivity index (χ0n) is 11.8. The minimum Gasteiger partial charge on any atom is -0.478 e. The highest BCUT2D eigenvalue weighted by atomic mass is 19.1. The zero-order valence-corrected chi connectivity index (χ0v) is 11.8. The first-order valence-electron chi connectivity index (χ1n) is 6.96. The van der Waals surface area contributed by atoms with E-state index in [2.05, 4.69) is 19.2 Å². The molecule has 1 saturated carbocycles. The third-order valence-electron chi connectivity index (χ3n) is 3.94. The van der Waals surface area contributed by atoms with E-state index >= 15 is 0 Å². The van der Waals surface area contributed by atoms with Gasteiger partial charge < -0.3 is 16.2 Å². The molecule has 4 nitrogen and oxygen atoms in total. The predicted molar refractivity (Wildman–Crippen MR) is 77.4 cm³/mol. The van der Waals surface area contributed by atoms with Crippen LogP contribution in [0.5, 0.6) is 0 Å². The van der Waals surface area contributed by atoms with E-state index in [1.165, 1.54) is 18.6 Å². The number of carboxylic acids is 1. The molecule has 2 atom stereocenters. The standard InChI is InChI=1S/C15H21FN2O2/c1-8-5-9(2)7-10(6-8)18-12-4-3-11(16)14(17)13(12)15(19)20/h3-4,8-10,18H,5-7,17H2,1-2H3,(H,19,20). The number of nitrogens with one attached hydrogen (secondary N) is 1. The molecule has 5 heteroatoms. The van der Waals surface area contributed by atoms with Crippen LogP contribution in [0.15, 0.2) is 12.1 Å². The average Bonchev–Trinajstić information content (AvgIpc) is 2.32. The van der Waals surface area contributed by atoms with Crippen molar-refractivity contribution in [3.63, 3.8) is 0 Å². The molecule has 1 aliphatic carbocycles. The number of carbonyl (C=O) groups is 1. The van der Waals surface area contributed by atoms with Crippen molar-refractivity contribution in [1.82, 2.24) is 0 Å². The molecule has 20 heavy (non-hydrogen) atoms. The Bertz CT molecular complexity index is 509. The normalized spacial score (nSPS) is 26.2. The maximum Gasteiger partial charge on any atom is 0.340 e. The number of hydrogen-bond donors (Lipinski definition) is 3. The first-order chi connectivity index (χ1) is 9.38. The molecule has 0 amide bonds. The van der Waals surface area contributed by atoms with E-state index < -0.39 is 11.8 Å². The van der Waals surface area contributed by atoms with Gasteiger partial charge >= 0.3 is 5.97 Å². The summed E-state index contributed by atoms with van der Waals surface area (Å²) < 4.78 is 13.4. The van der Waals surface area contributed by atoms with Gasteiger partial charge in [-0.2, -0.15) is 0 Å². The summed E-state index contributed by atoms with van der Waals surface area (Å²) in [6, 6.07) is 2.87. The molecule has 0 radical (unpaired) electrons. The Morgan fingerprint density at radius 3 is 2.45 bits per heavy atom. The Morgan fingerprint density at radius 2 is 1.90 bits per heavy atom. The van der Waals surface area contributed by atoms with Crippen LogP contribution >= 0.6 is 0 Å². The highest BCUT2D eigenvalue weighted by Gasteiger charge is 2.26. The Morgan fingerprint density at radius 1 is 1.30 bits per heavy atom. The number of aromatic carboxylic acids is 1. The van der Waals surface area contributed by atoms with Crippen molar-refractivity contribution >= 4 is 17.3 Å². The minimum absolute atomic E-state index is 0.170. The van der Waals surface area contributed by atoms with E-state index in [1.54, 1.807) is 0 Å². The van der Waals surface area contributed by atoms with E-state index in [1.807, 2.05) is 0 Å². The molecule has 4 N–H and O–H groups in total. The molecular weight excluding hydrogens is 259 g/mol. The van der Waals surface area contributed by atoms with E-state index in [9.17, 15) is 14.3 Å². The molecule has 110 valence electrons. The third kappa shape index (κ3) is 3.03.